The van der Waals surface area contributed by atoms with Gasteiger partial charge in [0.2, 0.25) is 5.91 Å². The number of fused-ring (bicyclic) bond motifs is 2. The first-order valence-corrected chi connectivity index (χ1v) is 11.3. The van der Waals surface area contributed by atoms with Gasteiger partial charge in [0, 0.05) is 36.6 Å². The minimum atomic E-state index is -0.142. The first-order valence-electron chi connectivity index (χ1n) is 10.9. The van der Waals surface area contributed by atoms with E-state index in [1.54, 1.807) is 0 Å². The molecule has 1 saturated carbocycles. The minimum absolute atomic E-state index is 0.142. The smallest absolute Gasteiger partial charge is 0.223 e. The summed E-state index contributed by atoms with van der Waals surface area (Å²) in [5.41, 5.74) is 2.42. The molecule has 1 N–H and O–H groups in total. The summed E-state index contributed by atoms with van der Waals surface area (Å²) >= 11 is 6.15. The summed E-state index contributed by atoms with van der Waals surface area (Å²) in [5, 5.41) is 4.15. The molecule has 5 heteroatoms. The van der Waals surface area contributed by atoms with Crippen molar-refractivity contribution in [1.29, 1.82) is 0 Å². The Morgan fingerprint density at radius 3 is 2.68 bits per heavy atom. The van der Waals surface area contributed by atoms with E-state index in [0.717, 1.165) is 50.3 Å². The molecule has 0 aromatic heterocycles. The maximum atomic E-state index is 12.6. The van der Waals surface area contributed by atoms with Crippen molar-refractivity contribution in [3.05, 3.63) is 34.3 Å². The molecule has 154 valence electrons. The highest BCUT2D eigenvalue weighted by Gasteiger charge is 2.43. The first kappa shape index (κ1) is 20.2. The van der Waals surface area contributed by atoms with Gasteiger partial charge in [0.05, 0.1) is 12.2 Å². The zero-order chi connectivity index (χ0) is 19.7. The van der Waals surface area contributed by atoms with Crippen LogP contribution in [0.2, 0.25) is 5.02 Å². The highest BCUT2D eigenvalue weighted by atomic mass is 35.5. The quantitative estimate of drug-likeness (QED) is 0.785. The molecule has 1 aromatic carbocycles. The van der Waals surface area contributed by atoms with Crippen LogP contribution in [0.1, 0.15) is 63.5 Å². The Kier molecular flexibility index (Phi) is 6.01. The van der Waals surface area contributed by atoms with Crippen LogP contribution in [-0.2, 0) is 21.7 Å². The zero-order valence-electron chi connectivity index (χ0n) is 17.2. The molecule has 4 nitrogen and oxygen atoms in total. The fourth-order valence-corrected chi connectivity index (χ4v) is 5.31. The van der Waals surface area contributed by atoms with Crippen molar-refractivity contribution in [3.63, 3.8) is 0 Å². The van der Waals surface area contributed by atoms with E-state index >= 15 is 0 Å². The summed E-state index contributed by atoms with van der Waals surface area (Å²) in [5.74, 6) is 0.947. The third kappa shape index (κ3) is 4.10. The molecular formula is C23H33ClN2O2. The first-order chi connectivity index (χ1) is 13.5. The molecule has 28 heavy (non-hydrogen) atoms. The SMILES string of the molecule is CC(C)[C@H](CN1CCC2(CC1)OCc1cc(Cl)ccc12)NC(=O)C1CCCC1. The maximum absolute atomic E-state index is 12.6. The predicted octanol–water partition coefficient (Wildman–Crippen LogP) is 4.49. The third-order valence-electron chi connectivity index (χ3n) is 7.04. The summed E-state index contributed by atoms with van der Waals surface area (Å²) in [4.78, 5) is 15.1. The van der Waals surface area contributed by atoms with Crippen molar-refractivity contribution in [2.45, 2.75) is 70.6 Å². The number of carbonyl (C=O) groups is 1. The van der Waals surface area contributed by atoms with E-state index in [0.29, 0.717) is 12.5 Å². The lowest BCUT2D eigenvalue weighted by molar-refractivity contribution is -0.126. The highest BCUT2D eigenvalue weighted by molar-refractivity contribution is 6.30. The molecule has 1 aliphatic carbocycles. The number of carbonyl (C=O) groups excluding carboxylic acids is 1. The Bertz CT molecular complexity index is 707. The third-order valence-corrected chi connectivity index (χ3v) is 7.27. The number of likely N-dealkylation sites (tertiary alicyclic amines) is 1. The second kappa shape index (κ2) is 8.33. The topological polar surface area (TPSA) is 41.6 Å². The summed E-state index contributed by atoms with van der Waals surface area (Å²) in [6.07, 6.45) is 6.52. The number of ether oxygens (including phenoxy) is 1. The van der Waals surface area contributed by atoms with Gasteiger partial charge < -0.3 is 15.0 Å². The van der Waals surface area contributed by atoms with E-state index in [1.807, 2.05) is 12.1 Å². The number of nitrogens with one attached hydrogen (secondary N) is 1. The molecule has 3 aliphatic rings. The van der Waals surface area contributed by atoms with Crippen LogP contribution < -0.4 is 5.32 Å². The zero-order valence-corrected chi connectivity index (χ0v) is 17.9. The minimum Gasteiger partial charge on any atom is -0.365 e. The Morgan fingerprint density at radius 1 is 1.29 bits per heavy atom. The van der Waals surface area contributed by atoms with E-state index in [4.69, 9.17) is 16.3 Å². The monoisotopic (exact) mass is 404 g/mol. The van der Waals surface area contributed by atoms with Crippen molar-refractivity contribution in [2.75, 3.05) is 19.6 Å². The summed E-state index contributed by atoms with van der Waals surface area (Å²) < 4.78 is 6.28. The van der Waals surface area contributed by atoms with Gasteiger partial charge in [-0.25, -0.2) is 0 Å². The number of piperidine rings is 1. The second-order valence-corrected chi connectivity index (χ2v) is 9.66. The van der Waals surface area contributed by atoms with Crippen LogP contribution in [0.4, 0.5) is 0 Å². The molecule has 4 rings (SSSR count). The largest absolute Gasteiger partial charge is 0.365 e. The summed E-state index contributed by atoms with van der Waals surface area (Å²) in [6.45, 7) is 8.03. The van der Waals surface area contributed by atoms with Gasteiger partial charge in [-0.2, -0.15) is 0 Å². The van der Waals surface area contributed by atoms with Crippen LogP contribution in [0.3, 0.4) is 0 Å². The Labute approximate surface area is 174 Å². The maximum Gasteiger partial charge on any atom is 0.223 e. The van der Waals surface area contributed by atoms with Crippen LogP contribution >= 0.6 is 11.6 Å². The molecule has 1 saturated heterocycles. The van der Waals surface area contributed by atoms with Crippen LogP contribution in [0.5, 0.6) is 0 Å². The lowest BCUT2D eigenvalue weighted by atomic mass is 9.83. The second-order valence-electron chi connectivity index (χ2n) is 9.23. The molecule has 1 aromatic rings. The average Bonchev–Trinajstić information content (AvgIpc) is 3.32. The Balaban J connectivity index is 1.35. The number of halogens is 1. The number of hydrogen-bond donors (Lipinski definition) is 1. The van der Waals surface area contributed by atoms with Crippen molar-refractivity contribution in [1.82, 2.24) is 10.2 Å². The lowest BCUT2D eigenvalue weighted by Crippen LogP contribution is -2.51. The fraction of sp³-hybridized carbons (Fsp3) is 0.696. The van der Waals surface area contributed by atoms with Crippen molar-refractivity contribution >= 4 is 17.5 Å². The molecule has 2 fully saturated rings. The number of hydrogen-bond acceptors (Lipinski definition) is 3. The predicted molar refractivity (Wildman–Crippen MR) is 112 cm³/mol. The molecular weight excluding hydrogens is 372 g/mol. The summed E-state index contributed by atoms with van der Waals surface area (Å²) in [7, 11) is 0. The van der Waals surface area contributed by atoms with Crippen molar-refractivity contribution < 1.29 is 9.53 Å². The van der Waals surface area contributed by atoms with E-state index in [-0.39, 0.29) is 23.5 Å². The Morgan fingerprint density at radius 2 is 2.00 bits per heavy atom. The number of rotatable bonds is 5. The van der Waals surface area contributed by atoms with Gasteiger partial charge in [-0.3, -0.25) is 4.79 Å². The fourth-order valence-electron chi connectivity index (χ4n) is 5.12. The van der Waals surface area contributed by atoms with E-state index in [1.165, 1.54) is 24.0 Å². The molecule has 2 heterocycles. The number of amides is 1. The molecule has 1 atom stereocenters. The molecule has 0 radical (unpaired) electrons. The van der Waals surface area contributed by atoms with Gasteiger partial charge in [0.15, 0.2) is 0 Å². The number of nitrogens with zero attached hydrogens (tertiary/aromatic N) is 1. The average molecular weight is 405 g/mol. The highest BCUT2D eigenvalue weighted by Crippen LogP contribution is 2.44. The lowest BCUT2D eigenvalue weighted by Gasteiger charge is -2.41. The summed E-state index contributed by atoms with van der Waals surface area (Å²) in [6, 6.07) is 6.40. The van der Waals surface area contributed by atoms with E-state index in [2.05, 4.69) is 30.1 Å². The van der Waals surface area contributed by atoms with Crippen molar-refractivity contribution in [3.8, 4) is 0 Å². The van der Waals surface area contributed by atoms with Gasteiger partial charge in [-0.05, 0) is 54.9 Å². The number of benzene rings is 1. The van der Waals surface area contributed by atoms with Crippen LogP contribution in [0.25, 0.3) is 0 Å². The van der Waals surface area contributed by atoms with E-state index < -0.39 is 0 Å². The van der Waals surface area contributed by atoms with Crippen LogP contribution in [0.15, 0.2) is 18.2 Å². The molecule has 2 aliphatic heterocycles. The van der Waals surface area contributed by atoms with Crippen LogP contribution in [-0.4, -0.2) is 36.5 Å². The molecule has 1 amide bonds. The van der Waals surface area contributed by atoms with Crippen molar-refractivity contribution in [2.24, 2.45) is 11.8 Å². The van der Waals surface area contributed by atoms with E-state index in [9.17, 15) is 4.79 Å². The van der Waals surface area contributed by atoms with Gasteiger partial charge in [0.1, 0.15) is 0 Å². The standard InChI is InChI=1S/C23H33ClN2O2/c1-16(2)21(25-22(27)17-5-3-4-6-17)14-26-11-9-23(10-12-26)20-8-7-19(24)13-18(20)15-28-23/h7-8,13,16-17,21H,3-6,9-12,14-15H2,1-2H3,(H,25,27)/t21-/m0/s1. The van der Waals surface area contributed by atoms with Gasteiger partial charge in [0.25, 0.3) is 0 Å². The van der Waals surface area contributed by atoms with Gasteiger partial charge in [-0.15, -0.1) is 0 Å². The van der Waals surface area contributed by atoms with Gasteiger partial charge >= 0.3 is 0 Å². The van der Waals surface area contributed by atoms with Crippen LogP contribution in [0, 0.1) is 11.8 Å². The normalized spacial score (nSPS) is 23.3. The van der Waals surface area contributed by atoms with Gasteiger partial charge in [-0.1, -0.05) is 44.4 Å². The molecule has 0 bridgehead atoms. The molecule has 0 unspecified atom stereocenters. The molecule has 1 spiro atoms. The Hall–Kier alpha value is -1.10.